The predicted octanol–water partition coefficient (Wildman–Crippen LogP) is 5.15. The number of benzene rings is 2. The van der Waals surface area contributed by atoms with Crippen LogP contribution in [0.25, 0.3) is 11.6 Å². The highest BCUT2D eigenvalue weighted by Gasteiger charge is 2.38. The lowest BCUT2D eigenvalue weighted by molar-refractivity contribution is 0.390. The van der Waals surface area contributed by atoms with Crippen LogP contribution in [0.2, 0.25) is 0 Å². The molecule has 1 fully saturated rings. The molecule has 2 aliphatic rings. The summed E-state index contributed by atoms with van der Waals surface area (Å²) >= 11 is 0. The van der Waals surface area contributed by atoms with Crippen molar-refractivity contribution in [1.29, 1.82) is 0 Å². The van der Waals surface area contributed by atoms with E-state index >= 15 is 0 Å². The van der Waals surface area contributed by atoms with Crippen LogP contribution in [-0.2, 0) is 0 Å². The number of allylic oxidation sites excluding steroid dienone is 1. The van der Waals surface area contributed by atoms with Crippen LogP contribution in [0.5, 0.6) is 17.2 Å². The topological polar surface area (TPSA) is 27.7 Å². The van der Waals surface area contributed by atoms with Gasteiger partial charge >= 0.3 is 0 Å². The van der Waals surface area contributed by atoms with Crippen molar-refractivity contribution in [2.75, 3.05) is 21.3 Å². The molecule has 3 heteroatoms. The van der Waals surface area contributed by atoms with Gasteiger partial charge in [0.25, 0.3) is 0 Å². The van der Waals surface area contributed by atoms with Gasteiger partial charge in [0.15, 0.2) is 0 Å². The second-order valence-electron chi connectivity index (χ2n) is 6.77. The summed E-state index contributed by atoms with van der Waals surface area (Å²) in [5, 5.41) is 0. The highest BCUT2D eigenvalue weighted by atomic mass is 16.5. The van der Waals surface area contributed by atoms with Gasteiger partial charge in [0.05, 0.1) is 21.3 Å². The Bertz CT molecular complexity index is 805. The van der Waals surface area contributed by atoms with Crippen LogP contribution in [-0.4, -0.2) is 21.3 Å². The Hall–Kier alpha value is -2.42. The van der Waals surface area contributed by atoms with Crippen LogP contribution < -0.4 is 14.2 Å². The highest BCUT2D eigenvalue weighted by Crippen LogP contribution is 2.55. The lowest BCUT2D eigenvalue weighted by atomic mass is 9.74. The summed E-state index contributed by atoms with van der Waals surface area (Å²) in [6.45, 7) is 0. The number of ether oxygens (including phenoxy) is 3. The van der Waals surface area contributed by atoms with E-state index < -0.39 is 0 Å². The van der Waals surface area contributed by atoms with E-state index in [1.807, 2.05) is 24.3 Å². The number of methoxy groups -OCH3 is 3. The summed E-state index contributed by atoms with van der Waals surface area (Å²) in [7, 11) is 5.20. The summed E-state index contributed by atoms with van der Waals surface area (Å²) in [6, 6.07) is 12.5. The van der Waals surface area contributed by atoms with E-state index in [9.17, 15) is 0 Å². The first-order valence-electron chi connectivity index (χ1n) is 8.87. The molecule has 0 N–H and O–H groups in total. The minimum atomic E-state index is 0.502. The summed E-state index contributed by atoms with van der Waals surface area (Å²) in [6.07, 6.45) is 5.99. The first-order chi connectivity index (χ1) is 12.3. The Morgan fingerprint density at radius 2 is 1.44 bits per heavy atom. The van der Waals surface area contributed by atoms with Gasteiger partial charge in [-0.1, -0.05) is 18.6 Å². The zero-order valence-electron chi connectivity index (χ0n) is 15.0. The molecule has 2 aromatic carbocycles. The average Bonchev–Trinajstić information content (AvgIpc) is 3.16. The number of hydrogen-bond donors (Lipinski definition) is 0. The van der Waals surface area contributed by atoms with E-state index in [1.54, 1.807) is 21.3 Å². The Labute approximate surface area is 149 Å². The van der Waals surface area contributed by atoms with Crippen molar-refractivity contribution in [2.45, 2.75) is 25.2 Å². The number of hydrogen-bond acceptors (Lipinski definition) is 3. The molecular formula is C22H24O3. The smallest absolute Gasteiger partial charge is 0.126 e. The van der Waals surface area contributed by atoms with Crippen LogP contribution in [0.1, 0.15) is 41.9 Å². The molecule has 130 valence electrons. The van der Waals surface area contributed by atoms with Crippen molar-refractivity contribution < 1.29 is 14.2 Å². The normalized spacial score (nSPS) is 21.2. The third-order valence-corrected chi connectivity index (χ3v) is 5.66. The van der Waals surface area contributed by atoms with Crippen LogP contribution in [0.3, 0.4) is 0 Å². The van der Waals surface area contributed by atoms with Crippen molar-refractivity contribution >= 4 is 11.6 Å². The Morgan fingerprint density at radius 1 is 0.760 bits per heavy atom. The van der Waals surface area contributed by atoms with E-state index in [2.05, 4.69) is 18.2 Å². The fourth-order valence-electron chi connectivity index (χ4n) is 4.50. The predicted molar refractivity (Wildman–Crippen MR) is 100 cm³/mol. The molecule has 0 bridgehead atoms. The van der Waals surface area contributed by atoms with E-state index in [1.165, 1.54) is 41.5 Å². The first kappa shape index (κ1) is 16.1. The SMILES string of the molecule is COc1ccc(C2=Cc3c(OC)ccc(OC)c3C3CCCC23)cc1. The molecule has 4 rings (SSSR count). The third kappa shape index (κ3) is 2.58. The molecule has 0 radical (unpaired) electrons. The zero-order chi connectivity index (χ0) is 17.4. The van der Waals surface area contributed by atoms with Crippen molar-refractivity contribution in [1.82, 2.24) is 0 Å². The van der Waals surface area contributed by atoms with Gasteiger partial charge in [-0.2, -0.15) is 0 Å². The van der Waals surface area contributed by atoms with E-state index in [0.29, 0.717) is 11.8 Å². The Balaban J connectivity index is 1.89. The monoisotopic (exact) mass is 336 g/mol. The number of fused-ring (bicyclic) bond motifs is 3. The van der Waals surface area contributed by atoms with Gasteiger partial charge in [-0.25, -0.2) is 0 Å². The van der Waals surface area contributed by atoms with Crippen molar-refractivity contribution in [2.24, 2.45) is 5.92 Å². The standard InChI is InChI=1S/C22H24O3/c1-23-15-9-7-14(8-10-15)18-13-19-20(24-2)11-12-21(25-3)22(19)17-6-4-5-16(17)18/h7-13,16-17H,4-6H2,1-3H3. The maximum atomic E-state index is 5.69. The zero-order valence-corrected chi connectivity index (χ0v) is 15.0. The molecular weight excluding hydrogens is 312 g/mol. The van der Waals surface area contributed by atoms with E-state index in [4.69, 9.17) is 14.2 Å². The summed E-state index contributed by atoms with van der Waals surface area (Å²) in [5.41, 5.74) is 5.18. The van der Waals surface area contributed by atoms with Crippen molar-refractivity contribution in [3.8, 4) is 17.2 Å². The molecule has 3 nitrogen and oxygen atoms in total. The fourth-order valence-corrected chi connectivity index (χ4v) is 4.50. The average molecular weight is 336 g/mol. The molecule has 2 unspecified atom stereocenters. The third-order valence-electron chi connectivity index (χ3n) is 5.66. The van der Waals surface area contributed by atoms with Gasteiger partial charge in [0.2, 0.25) is 0 Å². The van der Waals surface area contributed by atoms with Gasteiger partial charge in [-0.15, -0.1) is 0 Å². The van der Waals surface area contributed by atoms with Gasteiger partial charge in [-0.05, 0) is 66.2 Å². The van der Waals surface area contributed by atoms with Crippen LogP contribution in [0.4, 0.5) is 0 Å². The van der Waals surface area contributed by atoms with E-state index in [0.717, 1.165) is 17.2 Å². The lowest BCUT2D eigenvalue weighted by Gasteiger charge is -2.31. The molecule has 1 saturated carbocycles. The molecule has 2 atom stereocenters. The summed E-state index contributed by atoms with van der Waals surface area (Å²) in [5.74, 6) is 3.84. The van der Waals surface area contributed by atoms with Gasteiger partial charge < -0.3 is 14.2 Å². The lowest BCUT2D eigenvalue weighted by Crippen LogP contribution is -2.16. The summed E-state index contributed by atoms with van der Waals surface area (Å²) in [4.78, 5) is 0. The molecule has 0 spiro atoms. The second-order valence-corrected chi connectivity index (χ2v) is 6.77. The van der Waals surface area contributed by atoms with Crippen molar-refractivity contribution in [3.05, 3.63) is 53.1 Å². The minimum Gasteiger partial charge on any atom is -0.497 e. The Kier molecular flexibility index (Phi) is 4.16. The molecule has 25 heavy (non-hydrogen) atoms. The maximum absolute atomic E-state index is 5.69. The first-order valence-corrected chi connectivity index (χ1v) is 8.87. The second kappa shape index (κ2) is 6.47. The van der Waals surface area contributed by atoms with Crippen LogP contribution >= 0.6 is 0 Å². The van der Waals surface area contributed by atoms with Crippen molar-refractivity contribution in [3.63, 3.8) is 0 Å². The quantitative estimate of drug-likeness (QED) is 0.773. The summed E-state index contributed by atoms with van der Waals surface area (Å²) < 4.78 is 16.7. The minimum absolute atomic E-state index is 0.502. The highest BCUT2D eigenvalue weighted by molar-refractivity contribution is 5.89. The van der Waals surface area contributed by atoms with Gasteiger partial charge in [-0.3, -0.25) is 0 Å². The van der Waals surface area contributed by atoms with E-state index in [-0.39, 0.29) is 0 Å². The molecule has 0 aromatic heterocycles. The van der Waals surface area contributed by atoms with Crippen LogP contribution in [0, 0.1) is 5.92 Å². The molecule has 0 saturated heterocycles. The molecule has 2 aliphatic carbocycles. The number of rotatable bonds is 4. The van der Waals surface area contributed by atoms with Gasteiger partial charge in [0, 0.05) is 11.1 Å². The van der Waals surface area contributed by atoms with Gasteiger partial charge in [0.1, 0.15) is 17.2 Å². The molecule has 0 aliphatic heterocycles. The molecule has 0 heterocycles. The molecule has 0 amide bonds. The molecule has 2 aromatic rings. The largest absolute Gasteiger partial charge is 0.497 e. The fraction of sp³-hybridized carbons (Fsp3) is 0.364. The maximum Gasteiger partial charge on any atom is 0.126 e. The van der Waals surface area contributed by atoms with Crippen LogP contribution in [0.15, 0.2) is 36.4 Å². The Morgan fingerprint density at radius 3 is 2.12 bits per heavy atom.